The van der Waals surface area contributed by atoms with Crippen LogP contribution in [0.4, 0.5) is 0 Å². The van der Waals surface area contributed by atoms with Gasteiger partial charge in [-0.05, 0) is 73.6 Å². The lowest BCUT2D eigenvalue weighted by molar-refractivity contribution is -0.166. The molecule has 1 fully saturated rings. The van der Waals surface area contributed by atoms with E-state index in [0.717, 1.165) is 25.7 Å². The molecule has 33 heavy (non-hydrogen) atoms. The number of carbonyl (C=O) groups is 1. The number of amides is 1. The van der Waals surface area contributed by atoms with Crippen molar-refractivity contribution in [1.29, 1.82) is 0 Å². The smallest absolute Gasteiger partial charge is 0.236 e. The van der Waals surface area contributed by atoms with Gasteiger partial charge < -0.3 is 9.47 Å². The van der Waals surface area contributed by atoms with E-state index >= 15 is 0 Å². The molecule has 11 heteroatoms. The first-order chi connectivity index (χ1) is 15.3. The fourth-order valence-electron chi connectivity index (χ4n) is 3.81. The van der Waals surface area contributed by atoms with Crippen LogP contribution in [0.5, 0.6) is 5.75 Å². The molecule has 1 aliphatic carbocycles. The highest BCUT2D eigenvalue weighted by molar-refractivity contribution is 7.91. The van der Waals surface area contributed by atoms with E-state index < -0.39 is 9.84 Å². The summed E-state index contributed by atoms with van der Waals surface area (Å²) in [6, 6.07) is 8.96. The summed E-state index contributed by atoms with van der Waals surface area (Å²) in [5.74, 6) is 0.523. The van der Waals surface area contributed by atoms with Gasteiger partial charge in [0.15, 0.2) is 5.03 Å². The van der Waals surface area contributed by atoms with E-state index in [9.17, 15) is 18.4 Å². The highest BCUT2D eigenvalue weighted by Gasteiger charge is 2.24. The van der Waals surface area contributed by atoms with Crippen molar-refractivity contribution in [3.8, 4) is 5.75 Å². The van der Waals surface area contributed by atoms with E-state index in [4.69, 9.17) is 9.47 Å². The van der Waals surface area contributed by atoms with Crippen LogP contribution in [-0.4, -0.2) is 50.0 Å². The van der Waals surface area contributed by atoms with Gasteiger partial charge in [0.2, 0.25) is 15.7 Å². The Hall–Kier alpha value is -2.24. The normalized spacial score (nSPS) is 18.4. The molecule has 9 nitrogen and oxygen atoms in total. The van der Waals surface area contributed by atoms with Crippen LogP contribution < -0.4 is 10.2 Å². The molecular weight excluding hydrogens is 470 g/mol. The number of halogens is 1. The Balaban J connectivity index is 0.00000385. The van der Waals surface area contributed by atoms with Crippen LogP contribution >= 0.6 is 12.4 Å². The van der Waals surface area contributed by atoms with E-state index in [0.29, 0.717) is 22.9 Å². The summed E-state index contributed by atoms with van der Waals surface area (Å²) >= 11 is 0. The van der Waals surface area contributed by atoms with Gasteiger partial charge in [-0.3, -0.25) is 15.4 Å². The third kappa shape index (κ3) is 7.38. The Bertz CT molecular complexity index is 1010. The molecule has 1 aliphatic rings. The van der Waals surface area contributed by atoms with Gasteiger partial charge in [-0.2, -0.15) is 0 Å². The van der Waals surface area contributed by atoms with Gasteiger partial charge in [-0.1, -0.05) is 5.17 Å². The Labute approximate surface area is 200 Å². The van der Waals surface area contributed by atoms with Crippen molar-refractivity contribution in [2.75, 3.05) is 14.2 Å². The molecule has 0 unspecified atom stereocenters. The number of hydrogen-bond donors (Lipinski definition) is 2. The third-order valence-electron chi connectivity index (χ3n) is 5.63. The minimum atomic E-state index is -3.84. The first-order valence-corrected chi connectivity index (χ1v) is 11.9. The Morgan fingerprint density at radius 1 is 1.15 bits per heavy atom. The highest BCUT2D eigenvalue weighted by Crippen LogP contribution is 2.28. The quantitative estimate of drug-likeness (QED) is 0.505. The van der Waals surface area contributed by atoms with Crippen molar-refractivity contribution in [2.24, 2.45) is 5.92 Å². The van der Waals surface area contributed by atoms with Gasteiger partial charge in [-0.25, -0.2) is 13.4 Å². The monoisotopic (exact) mass is 499 g/mol. The zero-order chi connectivity index (χ0) is 23.1. The Morgan fingerprint density at radius 2 is 1.82 bits per heavy atom. The van der Waals surface area contributed by atoms with Crippen LogP contribution in [0, 0.1) is 5.92 Å². The van der Waals surface area contributed by atoms with E-state index in [1.54, 1.807) is 25.3 Å². The topological polar surface area (TPSA) is 118 Å². The summed E-state index contributed by atoms with van der Waals surface area (Å²) in [7, 11) is -0.633. The standard InChI is InChI=1S/C22H29N3O6S.ClH/c1-30-18-5-3-16(4-6-18)13-21(26)24-25(27)15-17-11-12-23-22(14-17)32(28,29)20-9-7-19(31-2)8-10-20;/h7-12,14,16,18,27H,3-6,13,15H2,1-2H3,(H,24,26);1H/t16-,18+;. The van der Waals surface area contributed by atoms with Crippen molar-refractivity contribution < 1.29 is 27.9 Å². The largest absolute Gasteiger partial charge is 0.497 e. The van der Waals surface area contributed by atoms with Gasteiger partial charge in [0.05, 0.1) is 24.7 Å². The number of rotatable bonds is 9. The lowest BCUT2D eigenvalue weighted by Gasteiger charge is -2.27. The number of sulfone groups is 1. The predicted molar refractivity (Wildman–Crippen MR) is 123 cm³/mol. The van der Waals surface area contributed by atoms with Gasteiger partial charge in [0.1, 0.15) is 5.75 Å². The average molecular weight is 500 g/mol. The van der Waals surface area contributed by atoms with Crippen molar-refractivity contribution in [3.63, 3.8) is 0 Å². The number of nitrogens with zero attached hydrogens (tertiary/aromatic N) is 2. The number of methoxy groups -OCH3 is 2. The minimum Gasteiger partial charge on any atom is -0.497 e. The number of hydrazine groups is 1. The lowest BCUT2D eigenvalue weighted by Crippen LogP contribution is -2.40. The van der Waals surface area contributed by atoms with Crippen LogP contribution in [-0.2, 0) is 25.9 Å². The molecule has 2 aromatic rings. The van der Waals surface area contributed by atoms with Gasteiger partial charge >= 0.3 is 0 Å². The molecule has 1 aromatic carbocycles. The van der Waals surface area contributed by atoms with Crippen LogP contribution in [0.3, 0.4) is 0 Å². The van der Waals surface area contributed by atoms with Crippen LogP contribution in [0.25, 0.3) is 0 Å². The maximum Gasteiger partial charge on any atom is 0.236 e. The zero-order valence-electron chi connectivity index (χ0n) is 18.6. The minimum absolute atomic E-state index is 0. The number of carbonyl (C=O) groups excluding carboxylic acids is 1. The molecular formula is C22H30ClN3O6S. The van der Waals surface area contributed by atoms with E-state index in [1.165, 1.54) is 31.5 Å². The number of nitrogens with one attached hydrogen (secondary N) is 1. The summed E-state index contributed by atoms with van der Waals surface area (Å²) in [5.41, 5.74) is 2.92. The molecule has 3 rings (SSSR count). The van der Waals surface area contributed by atoms with E-state index in [1.807, 2.05) is 0 Å². The highest BCUT2D eigenvalue weighted by atomic mass is 35.5. The molecule has 0 saturated heterocycles. The van der Waals surface area contributed by atoms with E-state index in [2.05, 4.69) is 10.4 Å². The molecule has 0 aliphatic heterocycles. The van der Waals surface area contributed by atoms with Crippen LogP contribution in [0.2, 0.25) is 0 Å². The predicted octanol–water partition coefficient (Wildman–Crippen LogP) is 3.16. The fourth-order valence-corrected chi connectivity index (χ4v) is 5.05. The van der Waals surface area contributed by atoms with Crippen molar-refractivity contribution in [3.05, 3.63) is 48.2 Å². The second-order valence-corrected chi connectivity index (χ2v) is 9.75. The zero-order valence-corrected chi connectivity index (χ0v) is 20.3. The molecule has 0 atom stereocenters. The van der Waals surface area contributed by atoms with Crippen molar-refractivity contribution in [1.82, 2.24) is 15.6 Å². The molecule has 2 N–H and O–H groups in total. The van der Waals surface area contributed by atoms with Crippen molar-refractivity contribution >= 4 is 28.2 Å². The molecule has 0 bridgehead atoms. The second-order valence-electron chi connectivity index (χ2n) is 7.86. The summed E-state index contributed by atoms with van der Waals surface area (Å²) in [4.78, 5) is 16.3. The summed E-state index contributed by atoms with van der Waals surface area (Å²) in [6.45, 7) is -0.0875. The summed E-state index contributed by atoms with van der Waals surface area (Å²) in [6.07, 6.45) is 5.62. The lowest BCUT2D eigenvalue weighted by atomic mass is 9.85. The second kappa shape index (κ2) is 12.3. The number of hydroxylamine groups is 1. The first-order valence-electron chi connectivity index (χ1n) is 10.4. The number of benzene rings is 1. The SMILES string of the molecule is COc1ccc(S(=O)(=O)c2cc(CN(O)NC(=O)C[C@H]3CC[C@@H](OC)CC3)ccn2)cc1.Cl. The van der Waals surface area contributed by atoms with Crippen LogP contribution in [0.1, 0.15) is 37.7 Å². The molecule has 1 aromatic heterocycles. The molecule has 1 saturated carbocycles. The molecule has 0 radical (unpaired) electrons. The fraction of sp³-hybridized carbons (Fsp3) is 0.455. The van der Waals surface area contributed by atoms with Crippen LogP contribution in [0.15, 0.2) is 52.5 Å². The summed E-state index contributed by atoms with van der Waals surface area (Å²) in [5, 5.41) is 10.7. The number of hydrogen-bond acceptors (Lipinski definition) is 8. The number of ether oxygens (including phenoxy) is 2. The number of pyridine rings is 1. The molecule has 182 valence electrons. The third-order valence-corrected chi connectivity index (χ3v) is 7.30. The maximum absolute atomic E-state index is 12.9. The van der Waals surface area contributed by atoms with Gasteiger partial charge in [0.25, 0.3) is 0 Å². The molecule has 1 amide bonds. The van der Waals surface area contributed by atoms with Gasteiger partial charge in [-0.15, -0.1) is 12.4 Å². The Kier molecular flexibility index (Phi) is 10.1. The maximum atomic E-state index is 12.9. The average Bonchev–Trinajstić information content (AvgIpc) is 2.79. The number of aromatic nitrogens is 1. The first kappa shape index (κ1) is 27.0. The van der Waals surface area contributed by atoms with Crippen molar-refractivity contribution in [2.45, 2.75) is 54.7 Å². The van der Waals surface area contributed by atoms with E-state index in [-0.39, 0.29) is 46.8 Å². The Morgan fingerprint density at radius 3 is 2.42 bits per heavy atom. The molecule has 1 heterocycles. The van der Waals surface area contributed by atoms with Gasteiger partial charge in [0, 0.05) is 19.7 Å². The molecule has 0 spiro atoms. The summed E-state index contributed by atoms with van der Waals surface area (Å²) < 4.78 is 36.1.